The van der Waals surface area contributed by atoms with Crippen LogP contribution in [0.25, 0.3) is 0 Å². The van der Waals surface area contributed by atoms with E-state index in [-0.39, 0.29) is 16.8 Å². The van der Waals surface area contributed by atoms with E-state index in [4.69, 9.17) is 5.26 Å². The Hall–Kier alpha value is -1.68. The lowest BCUT2D eigenvalue weighted by atomic mass is 10.4. The van der Waals surface area contributed by atoms with Gasteiger partial charge in [0.25, 0.3) is 0 Å². The molecule has 1 heterocycles. The number of rotatable bonds is 3. The smallest absolute Gasteiger partial charge is 0.236 e. The number of nitrogens with zero attached hydrogens (tertiary/aromatic N) is 3. The quantitative estimate of drug-likeness (QED) is 0.794. The maximum atomic E-state index is 11.5. The Bertz CT molecular complexity index is 516. The predicted octanol–water partition coefficient (Wildman–Crippen LogP) is 0.252. The van der Waals surface area contributed by atoms with Gasteiger partial charge in [0.2, 0.25) is 10.0 Å². The number of hydrogen-bond donors (Lipinski definition) is 1. The van der Waals surface area contributed by atoms with E-state index in [1.807, 2.05) is 6.07 Å². The molecule has 1 saturated carbocycles. The van der Waals surface area contributed by atoms with Gasteiger partial charge in [0.05, 0.1) is 5.25 Å². The Labute approximate surface area is 87.0 Å². The van der Waals surface area contributed by atoms with Gasteiger partial charge in [-0.1, -0.05) is 0 Å². The van der Waals surface area contributed by atoms with Crippen LogP contribution >= 0.6 is 0 Å². The lowest BCUT2D eigenvalue weighted by Crippen LogP contribution is -2.18. The molecule has 0 bridgehead atoms. The van der Waals surface area contributed by atoms with Crippen LogP contribution in [0.1, 0.15) is 18.5 Å². The molecule has 2 rings (SSSR count). The van der Waals surface area contributed by atoms with Crippen LogP contribution in [0.15, 0.2) is 12.4 Å². The van der Waals surface area contributed by atoms with Crippen LogP contribution in [-0.4, -0.2) is 23.6 Å². The first-order valence-corrected chi connectivity index (χ1v) is 5.90. The van der Waals surface area contributed by atoms with Crippen molar-refractivity contribution in [1.82, 2.24) is 9.97 Å². The van der Waals surface area contributed by atoms with Crippen molar-refractivity contribution in [3.05, 3.63) is 18.1 Å². The average Bonchev–Trinajstić information content (AvgIpc) is 3.00. The van der Waals surface area contributed by atoms with E-state index in [0.29, 0.717) is 12.8 Å². The highest BCUT2D eigenvalue weighted by molar-refractivity contribution is 7.93. The summed E-state index contributed by atoms with van der Waals surface area (Å²) < 4.78 is 25.3. The van der Waals surface area contributed by atoms with Gasteiger partial charge < -0.3 is 0 Å². The zero-order valence-electron chi connectivity index (χ0n) is 7.71. The molecule has 7 heteroatoms. The summed E-state index contributed by atoms with van der Waals surface area (Å²) in [6, 6.07) is 3.12. The van der Waals surface area contributed by atoms with Gasteiger partial charge in [-0.3, -0.25) is 4.72 Å². The van der Waals surface area contributed by atoms with Crippen LogP contribution in [0.3, 0.4) is 0 Å². The van der Waals surface area contributed by atoms with E-state index in [9.17, 15) is 8.42 Å². The molecule has 1 N–H and O–H groups in total. The first kappa shape index (κ1) is 9.86. The molecule has 78 valence electrons. The van der Waals surface area contributed by atoms with E-state index in [0.717, 1.165) is 6.33 Å². The number of nitrogens with one attached hydrogen (secondary N) is 1. The molecule has 1 fully saturated rings. The topological polar surface area (TPSA) is 95.7 Å². The molecule has 0 spiro atoms. The summed E-state index contributed by atoms with van der Waals surface area (Å²) in [5, 5.41) is 8.26. The summed E-state index contributed by atoms with van der Waals surface area (Å²) in [6.45, 7) is 0. The summed E-state index contributed by atoms with van der Waals surface area (Å²) in [5.41, 5.74) is 0.137. The van der Waals surface area contributed by atoms with Crippen LogP contribution in [0.4, 0.5) is 5.82 Å². The highest BCUT2D eigenvalue weighted by Gasteiger charge is 2.35. The number of hydrogen-bond acceptors (Lipinski definition) is 5. The summed E-state index contributed by atoms with van der Waals surface area (Å²) in [7, 11) is -3.31. The molecule has 0 saturated heterocycles. The Balaban J connectivity index is 2.21. The Morgan fingerprint density at radius 1 is 1.47 bits per heavy atom. The van der Waals surface area contributed by atoms with E-state index in [1.54, 1.807) is 0 Å². The van der Waals surface area contributed by atoms with Gasteiger partial charge in [-0.15, -0.1) is 0 Å². The molecule has 15 heavy (non-hydrogen) atoms. The van der Waals surface area contributed by atoms with Crippen molar-refractivity contribution in [3.8, 4) is 6.07 Å². The van der Waals surface area contributed by atoms with Crippen molar-refractivity contribution in [2.24, 2.45) is 0 Å². The van der Waals surface area contributed by atoms with Crippen molar-refractivity contribution in [2.75, 3.05) is 4.72 Å². The fourth-order valence-corrected chi connectivity index (χ4v) is 2.41. The first-order valence-electron chi connectivity index (χ1n) is 4.35. The normalized spacial score (nSPS) is 15.7. The van der Waals surface area contributed by atoms with Gasteiger partial charge in [-0.2, -0.15) is 5.26 Å². The highest BCUT2D eigenvalue weighted by Crippen LogP contribution is 2.29. The molecular weight excluding hydrogens is 216 g/mol. The van der Waals surface area contributed by atoms with E-state index < -0.39 is 10.0 Å². The summed E-state index contributed by atoms with van der Waals surface area (Å²) >= 11 is 0. The van der Waals surface area contributed by atoms with Gasteiger partial charge in [-0.05, 0) is 12.8 Å². The second kappa shape index (κ2) is 3.47. The molecule has 0 radical (unpaired) electrons. The predicted molar refractivity (Wildman–Crippen MR) is 52.3 cm³/mol. The maximum Gasteiger partial charge on any atom is 0.236 e. The van der Waals surface area contributed by atoms with Crippen molar-refractivity contribution < 1.29 is 8.42 Å². The number of anilines is 1. The van der Waals surface area contributed by atoms with Crippen molar-refractivity contribution in [1.29, 1.82) is 5.26 Å². The van der Waals surface area contributed by atoms with Crippen LogP contribution in [0, 0.1) is 11.3 Å². The van der Waals surface area contributed by atoms with Crippen molar-refractivity contribution >= 4 is 15.8 Å². The fraction of sp³-hybridized carbons (Fsp3) is 0.375. The van der Waals surface area contributed by atoms with E-state index in [1.165, 1.54) is 6.07 Å². The highest BCUT2D eigenvalue weighted by atomic mass is 32.2. The fourth-order valence-electron chi connectivity index (χ4n) is 1.08. The average molecular weight is 224 g/mol. The van der Waals surface area contributed by atoms with Gasteiger partial charge in [0, 0.05) is 6.07 Å². The first-order chi connectivity index (χ1) is 7.12. The maximum absolute atomic E-state index is 11.5. The van der Waals surface area contributed by atoms with E-state index in [2.05, 4.69) is 14.7 Å². The van der Waals surface area contributed by atoms with Crippen LogP contribution in [0.5, 0.6) is 0 Å². The Morgan fingerprint density at radius 3 is 2.80 bits per heavy atom. The van der Waals surface area contributed by atoms with E-state index >= 15 is 0 Å². The Morgan fingerprint density at radius 2 is 2.20 bits per heavy atom. The Kier molecular flexibility index (Phi) is 2.28. The summed E-state index contributed by atoms with van der Waals surface area (Å²) in [5.74, 6) is 0.147. The SMILES string of the molecule is N#Cc1cc(NS(=O)(=O)C2CC2)ncn1. The zero-order valence-corrected chi connectivity index (χ0v) is 8.53. The molecule has 0 unspecified atom stereocenters. The minimum atomic E-state index is -3.31. The molecule has 1 aromatic rings. The summed E-state index contributed by atoms with van der Waals surface area (Å²) in [6.07, 6.45) is 2.53. The third kappa shape index (κ3) is 2.22. The lowest BCUT2D eigenvalue weighted by molar-refractivity contribution is 0.600. The van der Waals surface area contributed by atoms with Gasteiger partial charge in [0.15, 0.2) is 0 Å². The zero-order chi connectivity index (χ0) is 10.9. The number of aromatic nitrogens is 2. The minimum Gasteiger partial charge on any atom is -0.267 e. The molecule has 1 aliphatic rings. The molecule has 1 aliphatic carbocycles. The molecule has 1 aromatic heterocycles. The molecule has 6 nitrogen and oxygen atoms in total. The molecule has 0 amide bonds. The minimum absolute atomic E-state index is 0.137. The molecule has 0 aliphatic heterocycles. The summed E-state index contributed by atoms with van der Waals surface area (Å²) in [4.78, 5) is 7.37. The largest absolute Gasteiger partial charge is 0.267 e. The van der Waals surface area contributed by atoms with Crippen LogP contribution < -0.4 is 4.72 Å². The number of nitriles is 1. The van der Waals surface area contributed by atoms with Gasteiger partial charge in [0.1, 0.15) is 23.9 Å². The third-order valence-electron chi connectivity index (χ3n) is 1.99. The monoisotopic (exact) mass is 224 g/mol. The second-order valence-corrected chi connectivity index (χ2v) is 5.21. The standard InChI is InChI=1S/C8H8N4O2S/c9-4-6-3-8(11-5-10-6)12-15(13,14)7-1-2-7/h3,5,7H,1-2H2,(H,10,11,12). The molecule has 0 atom stereocenters. The van der Waals surface area contributed by atoms with Gasteiger partial charge >= 0.3 is 0 Å². The number of sulfonamides is 1. The van der Waals surface area contributed by atoms with Crippen LogP contribution in [-0.2, 0) is 10.0 Å². The second-order valence-electron chi connectivity index (χ2n) is 3.25. The van der Waals surface area contributed by atoms with Crippen LogP contribution in [0.2, 0.25) is 0 Å². The lowest BCUT2D eigenvalue weighted by Gasteiger charge is -2.04. The molecule has 0 aromatic carbocycles. The molecular formula is C8H8N4O2S. The third-order valence-corrected chi connectivity index (χ3v) is 3.83. The van der Waals surface area contributed by atoms with Gasteiger partial charge in [-0.25, -0.2) is 18.4 Å². The van der Waals surface area contributed by atoms with Crippen molar-refractivity contribution in [2.45, 2.75) is 18.1 Å². The van der Waals surface area contributed by atoms with Crippen molar-refractivity contribution in [3.63, 3.8) is 0 Å².